The number of benzene rings is 2. The molecule has 1 aliphatic heterocycles. The van der Waals surface area contributed by atoms with E-state index in [-0.39, 0.29) is 6.10 Å². The third-order valence-corrected chi connectivity index (χ3v) is 7.09. The van der Waals surface area contributed by atoms with Gasteiger partial charge in [-0.3, -0.25) is 4.57 Å². The van der Waals surface area contributed by atoms with E-state index in [0.29, 0.717) is 6.61 Å². The molecule has 0 radical (unpaired) electrons. The second-order valence-corrected chi connectivity index (χ2v) is 9.58. The van der Waals surface area contributed by atoms with Gasteiger partial charge in [0.1, 0.15) is 0 Å². The molecule has 24 heavy (non-hydrogen) atoms. The van der Waals surface area contributed by atoms with Crippen LogP contribution in [0.3, 0.4) is 0 Å². The van der Waals surface area contributed by atoms with E-state index in [1.54, 1.807) is 0 Å². The molecule has 0 aromatic heterocycles. The third-order valence-electron chi connectivity index (χ3n) is 3.77. The molecule has 1 fully saturated rings. The molecule has 0 amide bonds. The van der Waals surface area contributed by atoms with Crippen LogP contribution in [0.1, 0.15) is 24.7 Å². The van der Waals surface area contributed by atoms with Crippen molar-refractivity contribution >= 4 is 45.1 Å². The summed E-state index contributed by atoms with van der Waals surface area (Å²) >= 11 is 6.85. The predicted molar refractivity (Wildman–Crippen MR) is 103 cm³/mol. The minimum Gasteiger partial charge on any atom is -0.368 e. The van der Waals surface area contributed by atoms with Crippen molar-refractivity contribution in [3.05, 3.63) is 63.0 Å². The number of hydrogen-bond donors (Lipinski definition) is 1. The van der Waals surface area contributed by atoms with Gasteiger partial charge in [0.25, 0.3) is 0 Å². The Bertz CT molecular complexity index is 737. The molecule has 1 saturated heterocycles. The Kier molecular flexibility index (Phi) is 5.83. The van der Waals surface area contributed by atoms with Crippen molar-refractivity contribution in [2.45, 2.75) is 25.2 Å². The van der Waals surface area contributed by atoms with E-state index in [1.807, 2.05) is 55.5 Å². The summed E-state index contributed by atoms with van der Waals surface area (Å²) in [4.78, 5) is 0. The van der Waals surface area contributed by atoms with Crippen molar-refractivity contribution in [1.82, 2.24) is 0 Å². The molecule has 2 aromatic rings. The maximum absolute atomic E-state index is 13.4. The van der Waals surface area contributed by atoms with E-state index >= 15 is 0 Å². The fraction of sp³-hybridized carbons (Fsp3) is 0.294. The van der Waals surface area contributed by atoms with Crippen LogP contribution in [0.2, 0.25) is 0 Å². The van der Waals surface area contributed by atoms with Gasteiger partial charge < -0.3 is 14.4 Å². The Morgan fingerprint density at radius 2 is 1.67 bits per heavy atom. The molecule has 3 rings (SSSR count). The zero-order chi connectivity index (χ0) is 17.2. The highest BCUT2D eigenvalue weighted by molar-refractivity contribution is 9.10. The molecule has 1 aliphatic rings. The summed E-state index contributed by atoms with van der Waals surface area (Å²) < 4.78 is 26.7. The summed E-state index contributed by atoms with van der Waals surface area (Å²) in [6.45, 7) is 2.36. The number of hydrogen-bond acceptors (Lipinski definition) is 4. The molecular formula is C17H18Br2NO3P. The molecule has 7 heteroatoms. The summed E-state index contributed by atoms with van der Waals surface area (Å²) in [5, 5.41) is 3.32. The monoisotopic (exact) mass is 473 g/mol. The number of halogens is 2. The Labute approximate surface area is 158 Å². The highest BCUT2D eigenvalue weighted by Crippen LogP contribution is 2.63. The van der Waals surface area contributed by atoms with E-state index in [9.17, 15) is 4.57 Å². The van der Waals surface area contributed by atoms with Gasteiger partial charge in [-0.15, -0.1) is 0 Å². The average molecular weight is 475 g/mol. The second kappa shape index (κ2) is 7.71. The van der Waals surface area contributed by atoms with Crippen LogP contribution < -0.4 is 5.32 Å². The summed E-state index contributed by atoms with van der Waals surface area (Å²) in [7, 11) is -3.33. The van der Waals surface area contributed by atoms with Gasteiger partial charge in [-0.05, 0) is 55.3 Å². The maximum atomic E-state index is 13.4. The van der Waals surface area contributed by atoms with Crippen LogP contribution >= 0.6 is 39.5 Å². The van der Waals surface area contributed by atoms with Gasteiger partial charge in [0.05, 0.1) is 12.7 Å². The van der Waals surface area contributed by atoms with Gasteiger partial charge in [-0.2, -0.15) is 0 Å². The SMILES string of the molecule is C[C@@H]1CCO[P@@](=O)([C@@H](Nc2ccc(Br)cc2)c2ccc(Br)cc2)O1. The van der Waals surface area contributed by atoms with Crippen LogP contribution in [0.4, 0.5) is 5.69 Å². The largest absolute Gasteiger partial charge is 0.368 e. The predicted octanol–water partition coefficient (Wildman–Crippen LogP) is 6.34. The fourth-order valence-corrected chi connectivity index (χ4v) is 5.18. The van der Waals surface area contributed by atoms with Gasteiger partial charge in [0.15, 0.2) is 5.78 Å². The summed E-state index contributed by atoms with van der Waals surface area (Å²) in [6.07, 6.45) is 0.657. The van der Waals surface area contributed by atoms with Crippen molar-refractivity contribution in [2.24, 2.45) is 0 Å². The lowest BCUT2D eigenvalue weighted by atomic mass is 10.2. The number of anilines is 1. The summed E-state index contributed by atoms with van der Waals surface area (Å²) in [5.41, 5.74) is 1.71. The van der Waals surface area contributed by atoms with E-state index < -0.39 is 13.4 Å². The van der Waals surface area contributed by atoms with E-state index in [2.05, 4.69) is 37.2 Å². The van der Waals surface area contributed by atoms with Crippen LogP contribution in [-0.4, -0.2) is 12.7 Å². The van der Waals surface area contributed by atoms with Gasteiger partial charge in [0.2, 0.25) is 0 Å². The zero-order valence-corrected chi connectivity index (χ0v) is 17.2. The van der Waals surface area contributed by atoms with Gasteiger partial charge in [-0.1, -0.05) is 44.0 Å². The lowest BCUT2D eigenvalue weighted by Gasteiger charge is -2.34. The first kappa shape index (κ1) is 18.2. The lowest BCUT2D eigenvalue weighted by Crippen LogP contribution is -2.23. The molecular weight excluding hydrogens is 457 g/mol. The van der Waals surface area contributed by atoms with E-state index in [4.69, 9.17) is 9.05 Å². The van der Waals surface area contributed by atoms with Gasteiger partial charge in [0, 0.05) is 14.6 Å². The van der Waals surface area contributed by atoms with Crippen molar-refractivity contribution in [3.8, 4) is 0 Å². The molecule has 3 atom stereocenters. The molecule has 0 aliphatic carbocycles. The Balaban J connectivity index is 1.95. The van der Waals surface area contributed by atoms with Crippen LogP contribution in [0.25, 0.3) is 0 Å². The molecule has 1 heterocycles. The van der Waals surface area contributed by atoms with Crippen LogP contribution in [-0.2, 0) is 13.6 Å². The number of rotatable bonds is 4. The van der Waals surface area contributed by atoms with E-state index in [0.717, 1.165) is 26.6 Å². The summed E-state index contributed by atoms with van der Waals surface area (Å²) in [6, 6.07) is 15.4. The normalized spacial score (nSPS) is 25.2. The Morgan fingerprint density at radius 1 is 1.08 bits per heavy atom. The molecule has 2 aromatic carbocycles. The minimum atomic E-state index is -3.33. The first-order chi connectivity index (χ1) is 11.5. The Morgan fingerprint density at radius 3 is 2.25 bits per heavy atom. The minimum absolute atomic E-state index is 0.0887. The molecule has 4 nitrogen and oxygen atoms in total. The van der Waals surface area contributed by atoms with Gasteiger partial charge >= 0.3 is 7.60 Å². The van der Waals surface area contributed by atoms with Crippen molar-refractivity contribution in [1.29, 1.82) is 0 Å². The first-order valence-corrected chi connectivity index (χ1v) is 10.9. The quantitative estimate of drug-likeness (QED) is 0.525. The number of nitrogens with one attached hydrogen (secondary N) is 1. The average Bonchev–Trinajstić information content (AvgIpc) is 2.55. The van der Waals surface area contributed by atoms with Crippen LogP contribution in [0.5, 0.6) is 0 Å². The molecule has 128 valence electrons. The van der Waals surface area contributed by atoms with Crippen molar-refractivity contribution in [3.63, 3.8) is 0 Å². The third kappa shape index (κ3) is 4.30. The molecule has 0 spiro atoms. The maximum Gasteiger partial charge on any atom is 0.357 e. The zero-order valence-electron chi connectivity index (χ0n) is 13.1. The topological polar surface area (TPSA) is 47.6 Å². The summed E-state index contributed by atoms with van der Waals surface area (Å²) in [5.74, 6) is -0.561. The fourth-order valence-electron chi connectivity index (χ4n) is 2.51. The first-order valence-electron chi connectivity index (χ1n) is 7.66. The highest BCUT2D eigenvalue weighted by atomic mass is 79.9. The standard InChI is InChI=1S/C17H18Br2NO3P/c1-12-10-11-22-24(21,23-12)17(13-2-4-14(18)5-3-13)20-16-8-6-15(19)7-9-16/h2-9,12,17,20H,10-11H2,1H3/t12-,17-,24+/m1/s1. The molecule has 0 unspecified atom stereocenters. The molecule has 1 N–H and O–H groups in total. The lowest BCUT2D eigenvalue weighted by molar-refractivity contribution is 0.0887. The molecule has 0 saturated carbocycles. The van der Waals surface area contributed by atoms with Crippen LogP contribution in [0, 0.1) is 0 Å². The van der Waals surface area contributed by atoms with Crippen LogP contribution in [0.15, 0.2) is 57.5 Å². The van der Waals surface area contributed by atoms with Crippen molar-refractivity contribution < 1.29 is 13.6 Å². The molecule has 0 bridgehead atoms. The second-order valence-electron chi connectivity index (χ2n) is 5.68. The smallest absolute Gasteiger partial charge is 0.357 e. The van der Waals surface area contributed by atoms with Gasteiger partial charge in [-0.25, -0.2) is 0 Å². The Hall–Kier alpha value is -0.650. The van der Waals surface area contributed by atoms with Crippen molar-refractivity contribution in [2.75, 3.05) is 11.9 Å². The highest BCUT2D eigenvalue weighted by Gasteiger charge is 2.41. The van der Waals surface area contributed by atoms with E-state index in [1.165, 1.54) is 0 Å².